The van der Waals surface area contributed by atoms with Gasteiger partial charge in [0.25, 0.3) is 0 Å². The summed E-state index contributed by atoms with van der Waals surface area (Å²) in [5.41, 5.74) is 7.08. The van der Waals surface area contributed by atoms with Crippen LogP contribution in [0.15, 0.2) is 36.4 Å². The molecular weight excluding hydrogens is 280 g/mol. The van der Waals surface area contributed by atoms with E-state index in [4.69, 9.17) is 17.3 Å². The van der Waals surface area contributed by atoms with Gasteiger partial charge in [-0.05, 0) is 36.8 Å². The van der Waals surface area contributed by atoms with E-state index in [9.17, 15) is 4.79 Å². The lowest BCUT2D eigenvalue weighted by Gasteiger charge is -2.13. The number of primary amides is 1. The molecule has 0 bridgehead atoms. The highest BCUT2D eigenvalue weighted by Crippen LogP contribution is 2.28. The highest BCUT2D eigenvalue weighted by molar-refractivity contribution is 7.16. The molecule has 100 valence electrons. The van der Waals surface area contributed by atoms with E-state index >= 15 is 0 Å². The Labute approximate surface area is 121 Å². The lowest BCUT2D eigenvalue weighted by atomic mass is 10.1. The van der Waals surface area contributed by atoms with Crippen LogP contribution >= 0.6 is 22.9 Å². The molecule has 0 fully saturated rings. The molecule has 0 aliphatic carbocycles. The third-order valence-electron chi connectivity index (χ3n) is 2.74. The fourth-order valence-electron chi connectivity index (χ4n) is 1.80. The van der Waals surface area contributed by atoms with Gasteiger partial charge in [-0.25, -0.2) is 0 Å². The lowest BCUT2D eigenvalue weighted by Crippen LogP contribution is -2.13. The van der Waals surface area contributed by atoms with E-state index in [1.807, 2.05) is 36.4 Å². The molecule has 1 amide bonds. The third-order valence-corrected chi connectivity index (χ3v) is 4.15. The number of thiophene rings is 1. The van der Waals surface area contributed by atoms with Crippen molar-refractivity contribution >= 4 is 34.5 Å². The van der Waals surface area contributed by atoms with E-state index in [0.29, 0.717) is 0 Å². The van der Waals surface area contributed by atoms with Crippen LogP contribution in [0.2, 0.25) is 4.34 Å². The molecule has 0 radical (unpaired) electrons. The Hall–Kier alpha value is -1.52. The van der Waals surface area contributed by atoms with Crippen LogP contribution in [0.1, 0.15) is 23.4 Å². The Morgan fingerprint density at radius 3 is 2.53 bits per heavy atom. The van der Waals surface area contributed by atoms with Crippen LogP contribution in [-0.4, -0.2) is 5.91 Å². The summed E-state index contributed by atoms with van der Waals surface area (Å²) in [4.78, 5) is 12.0. The van der Waals surface area contributed by atoms with Gasteiger partial charge in [0.1, 0.15) is 0 Å². The summed E-state index contributed by atoms with van der Waals surface area (Å²) in [6.07, 6.45) is 0.274. The molecule has 2 aromatic rings. The number of nitrogens with one attached hydrogen (secondary N) is 1. The van der Waals surface area contributed by atoms with Gasteiger partial charge < -0.3 is 11.1 Å². The van der Waals surface area contributed by atoms with Gasteiger partial charge in [-0.15, -0.1) is 11.3 Å². The van der Waals surface area contributed by atoms with E-state index in [2.05, 4.69) is 12.2 Å². The Bertz CT molecular complexity index is 565. The van der Waals surface area contributed by atoms with Gasteiger partial charge in [0.05, 0.1) is 16.8 Å². The molecule has 0 aliphatic rings. The third kappa shape index (κ3) is 3.98. The second kappa shape index (κ2) is 6.08. The molecule has 3 nitrogen and oxygen atoms in total. The van der Waals surface area contributed by atoms with E-state index in [-0.39, 0.29) is 18.4 Å². The molecule has 1 unspecified atom stereocenters. The standard InChI is InChI=1S/C14H15ClN2OS/c1-9(12-6-7-13(15)19-12)17-11-4-2-10(3-5-11)8-14(16)18/h2-7,9,17H,8H2,1H3,(H2,16,18). The minimum absolute atomic E-state index is 0.194. The second-order valence-electron chi connectivity index (χ2n) is 4.35. The Balaban J connectivity index is 2.01. The number of nitrogens with two attached hydrogens (primary N) is 1. The molecule has 2 rings (SSSR count). The molecule has 0 spiro atoms. The van der Waals surface area contributed by atoms with Crippen molar-refractivity contribution in [1.29, 1.82) is 0 Å². The van der Waals surface area contributed by atoms with Crippen LogP contribution in [0.4, 0.5) is 5.69 Å². The lowest BCUT2D eigenvalue weighted by molar-refractivity contribution is -0.117. The number of hydrogen-bond acceptors (Lipinski definition) is 3. The molecule has 1 aromatic heterocycles. The second-order valence-corrected chi connectivity index (χ2v) is 6.09. The number of carbonyl (C=O) groups is 1. The van der Waals surface area contributed by atoms with Crippen molar-refractivity contribution in [2.45, 2.75) is 19.4 Å². The topological polar surface area (TPSA) is 55.1 Å². The zero-order valence-corrected chi connectivity index (χ0v) is 12.1. The van der Waals surface area contributed by atoms with E-state index in [1.54, 1.807) is 11.3 Å². The van der Waals surface area contributed by atoms with Crippen molar-refractivity contribution in [3.05, 3.63) is 51.2 Å². The van der Waals surface area contributed by atoms with Gasteiger partial charge >= 0.3 is 0 Å². The molecule has 0 saturated heterocycles. The Morgan fingerprint density at radius 2 is 2.00 bits per heavy atom. The van der Waals surface area contributed by atoms with Gasteiger partial charge in [0, 0.05) is 10.6 Å². The van der Waals surface area contributed by atoms with Crippen molar-refractivity contribution in [3.8, 4) is 0 Å². The highest BCUT2D eigenvalue weighted by atomic mass is 35.5. The SMILES string of the molecule is CC(Nc1ccc(CC(N)=O)cc1)c1ccc(Cl)s1. The van der Waals surface area contributed by atoms with Crippen molar-refractivity contribution in [1.82, 2.24) is 0 Å². The zero-order valence-electron chi connectivity index (χ0n) is 10.5. The largest absolute Gasteiger partial charge is 0.378 e. The Kier molecular flexibility index (Phi) is 4.45. The predicted octanol–water partition coefficient (Wildman–Crippen LogP) is 3.60. The maximum Gasteiger partial charge on any atom is 0.221 e. The number of anilines is 1. The number of halogens is 1. The van der Waals surface area contributed by atoms with Crippen LogP contribution in [-0.2, 0) is 11.2 Å². The van der Waals surface area contributed by atoms with Gasteiger partial charge in [-0.3, -0.25) is 4.79 Å². The first-order valence-corrected chi connectivity index (χ1v) is 7.13. The molecule has 1 atom stereocenters. The smallest absolute Gasteiger partial charge is 0.221 e. The summed E-state index contributed by atoms with van der Waals surface area (Å²) < 4.78 is 0.792. The maximum atomic E-state index is 10.8. The molecule has 19 heavy (non-hydrogen) atoms. The minimum atomic E-state index is -0.317. The number of carbonyl (C=O) groups excluding carboxylic acids is 1. The maximum absolute atomic E-state index is 10.8. The molecule has 1 aromatic carbocycles. The highest BCUT2D eigenvalue weighted by Gasteiger charge is 2.08. The fourth-order valence-corrected chi connectivity index (χ4v) is 2.87. The average molecular weight is 295 g/mol. The predicted molar refractivity (Wildman–Crippen MR) is 80.7 cm³/mol. The quantitative estimate of drug-likeness (QED) is 0.885. The number of hydrogen-bond donors (Lipinski definition) is 2. The Morgan fingerprint density at radius 1 is 1.32 bits per heavy atom. The van der Waals surface area contributed by atoms with Gasteiger partial charge in [-0.1, -0.05) is 23.7 Å². The average Bonchev–Trinajstić information content (AvgIpc) is 2.78. The first kappa shape index (κ1) is 13.9. The molecular formula is C14H15ClN2OS. The summed E-state index contributed by atoms with van der Waals surface area (Å²) in [5, 5.41) is 3.39. The zero-order chi connectivity index (χ0) is 13.8. The van der Waals surface area contributed by atoms with Crippen LogP contribution in [0.25, 0.3) is 0 Å². The van der Waals surface area contributed by atoms with Crippen LogP contribution in [0.5, 0.6) is 0 Å². The first-order valence-electron chi connectivity index (χ1n) is 5.93. The number of benzene rings is 1. The fraction of sp³-hybridized carbons (Fsp3) is 0.214. The summed E-state index contributed by atoms with van der Waals surface area (Å²) in [5.74, 6) is -0.317. The summed E-state index contributed by atoms with van der Waals surface area (Å²) in [6.45, 7) is 2.08. The van der Waals surface area contributed by atoms with Crippen LogP contribution < -0.4 is 11.1 Å². The molecule has 5 heteroatoms. The summed E-state index contributed by atoms with van der Waals surface area (Å²) in [6, 6.07) is 11.8. The van der Waals surface area contributed by atoms with E-state index in [1.165, 1.54) is 4.88 Å². The normalized spacial score (nSPS) is 12.1. The van der Waals surface area contributed by atoms with Crippen LogP contribution in [0.3, 0.4) is 0 Å². The van der Waals surface area contributed by atoms with E-state index in [0.717, 1.165) is 15.6 Å². The summed E-state index contributed by atoms with van der Waals surface area (Å²) >= 11 is 7.49. The number of amides is 1. The molecule has 0 saturated carbocycles. The molecule has 1 heterocycles. The van der Waals surface area contributed by atoms with Crippen molar-refractivity contribution in [2.75, 3.05) is 5.32 Å². The molecule has 0 aliphatic heterocycles. The van der Waals surface area contributed by atoms with Crippen molar-refractivity contribution < 1.29 is 4.79 Å². The monoisotopic (exact) mass is 294 g/mol. The molecule has 3 N–H and O–H groups in total. The number of rotatable bonds is 5. The van der Waals surface area contributed by atoms with E-state index < -0.39 is 0 Å². The van der Waals surface area contributed by atoms with Crippen LogP contribution in [0, 0.1) is 0 Å². The van der Waals surface area contributed by atoms with Gasteiger partial charge in [0.2, 0.25) is 5.91 Å². The van der Waals surface area contributed by atoms with Crippen molar-refractivity contribution in [3.63, 3.8) is 0 Å². The minimum Gasteiger partial charge on any atom is -0.378 e. The first-order chi connectivity index (χ1) is 9.04. The van der Waals surface area contributed by atoms with Gasteiger partial charge in [0.15, 0.2) is 0 Å². The van der Waals surface area contributed by atoms with Crippen molar-refractivity contribution in [2.24, 2.45) is 5.73 Å². The van der Waals surface area contributed by atoms with Gasteiger partial charge in [-0.2, -0.15) is 0 Å². The summed E-state index contributed by atoms with van der Waals surface area (Å²) in [7, 11) is 0.